The SMILES string of the molecule is CCCC(N=O)[Si](C)(C(CCC)N=O)C(CCC)N=O. The van der Waals surface area contributed by atoms with Crippen LogP contribution in [-0.4, -0.2) is 25.1 Å². The first-order valence-corrected chi connectivity index (χ1v) is 10.3. The average molecular weight is 301 g/mol. The average Bonchev–Trinajstić information content (AvgIpc) is 2.46. The van der Waals surface area contributed by atoms with Crippen molar-refractivity contribution in [1.29, 1.82) is 0 Å². The van der Waals surface area contributed by atoms with Crippen LogP contribution in [-0.2, 0) is 0 Å². The maximum atomic E-state index is 11.3. The van der Waals surface area contributed by atoms with Crippen LogP contribution in [0.25, 0.3) is 0 Å². The van der Waals surface area contributed by atoms with Crippen molar-refractivity contribution in [3.8, 4) is 0 Å². The van der Waals surface area contributed by atoms with Gasteiger partial charge in [0.15, 0.2) is 0 Å². The largest absolute Gasteiger partial charge is 0.151 e. The highest BCUT2D eigenvalue weighted by Gasteiger charge is 2.52. The molecule has 7 heteroatoms. The molecule has 0 aromatic heterocycles. The van der Waals surface area contributed by atoms with E-state index in [1.165, 1.54) is 0 Å². The van der Waals surface area contributed by atoms with Crippen molar-refractivity contribution in [3.05, 3.63) is 14.7 Å². The molecule has 20 heavy (non-hydrogen) atoms. The van der Waals surface area contributed by atoms with Gasteiger partial charge in [-0.1, -0.05) is 62.1 Å². The summed E-state index contributed by atoms with van der Waals surface area (Å²) in [6, 6.07) is 0. The van der Waals surface area contributed by atoms with Crippen molar-refractivity contribution in [2.24, 2.45) is 15.5 Å². The summed E-state index contributed by atoms with van der Waals surface area (Å²) in [7, 11) is -2.64. The Hall–Kier alpha value is -0.983. The van der Waals surface area contributed by atoms with Gasteiger partial charge in [-0.15, -0.1) is 0 Å². The molecular weight excluding hydrogens is 274 g/mol. The summed E-state index contributed by atoms with van der Waals surface area (Å²) in [4.78, 5) is 33.9. The lowest BCUT2D eigenvalue weighted by molar-refractivity contribution is 0.613. The third kappa shape index (κ3) is 4.26. The molecule has 0 N–H and O–H groups in total. The fourth-order valence-electron chi connectivity index (χ4n) is 2.92. The Kier molecular flexibility index (Phi) is 9.36. The highest BCUT2D eigenvalue weighted by molar-refractivity contribution is 6.83. The minimum Gasteiger partial charge on any atom is -0.151 e. The summed E-state index contributed by atoms with van der Waals surface area (Å²) in [5.74, 6) is 0. The van der Waals surface area contributed by atoms with Crippen LogP contribution in [0.15, 0.2) is 15.5 Å². The topological polar surface area (TPSA) is 88.3 Å². The number of nitroso groups, excluding NO2 is 3. The molecule has 0 saturated heterocycles. The smallest absolute Gasteiger partial charge is 0.147 e. The standard InChI is InChI=1S/C13H27N3O3Si/c1-5-8-11(14-17)20(4,12(15-18)9-6-2)13(16-19)10-7-3/h11-13H,5-10H2,1-4H3. The van der Waals surface area contributed by atoms with Crippen LogP contribution < -0.4 is 0 Å². The van der Waals surface area contributed by atoms with Gasteiger partial charge in [0.25, 0.3) is 0 Å². The second-order valence-electron chi connectivity index (χ2n) is 5.60. The molecule has 3 unspecified atom stereocenters. The Morgan fingerprint density at radius 1 is 0.700 bits per heavy atom. The number of nitrogens with zero attached hydrogens (tertiary/aromatic N) is 3. The van der Waals surface area contributed by atoms with E-state index >= 15 is 0 Å². The molecule has 0 fully saturated rings. The van der Waals surface area contributed by atoms with E-state index in [1.54, 1.807) is 0 Å². The van der Waals surface area contributed by atoms with Crippen molar-refractivity contribution in [2.45, 2.75) is 82.8 Å². The van der Waals surface area contributed by atoms with Crippen LogP contribution in [0.2, 0.25) is 6.55 Å². The van der Waals surface area contributed by atoms with Gasteiger partial charge >= 0.3 is 0 Å². The van der Waals surface area contributed by atoms with Crippen LogP contribution in [0.3, 0.4) is 0 Å². The highest BCUT2D eigenvalue weighted by atomic mass is 28.3. The predicted octanol–water partition coefficient (Wildman–Crippen LogP) is 4.49. The molecule has 0 aliphatic rings. The molecule has 0 heterocycles. The molecule has 0 aromatic rings. The second kappa shape index (κ2) is 9.85. The monoisotopic (exact) mass is 301 g/mol. The normalized spacial score (nSPS) is 18.6. The van der Waals surface area contributed by atoms with E-state index in [0.717, 1.165) is 19.3 Å². The summed E-state index contributed by atoms with van der Waals surface area (Å²) < 4.78 is 0. The van der Waals surface area contributed by atoms with E-state index in [1.807, 2.05) is 27.3 Å². The van der Waals surface area contributed by atoms with Crippen LogP contribution in [0.5, 0.6) is 0 Å². The fourth-order valence-corrected chi connectivity index (χ4v) is 7.66. The Bertz CT molecular complexity index is 270. The molecular formula is C13H27N3O3Si. The maximum Gasteiger partial charge on any atom is 0.147 e. The first-order chi connectivity index (χ1) is 9.56. The zero-order valence-corrected chi connectivity index (χ0v) is 14.0. The van der Waals surface area contributed by atoms with Crippen molar-refractivity contribution in [1.82, 2.24) is 0 Å². The zero-order chi connectivity index (χ0) is 15.6. The van der Waals surface area contributed by atoms with Crippen molar-refractivity contribution in [3.63, 3.8) is 0 Å². The van der Waals surface area contributed by atoms with E-state index in [9.17, 15) is 14.7 Å². The molecule has 0 aromatic carbocycles. The molecule has 3 atom stereocenters. The molecule has 0 aliphatic carbocycles. The van der Waals surface area contributed by atoms with Crippen LogP contribution >= 0.6 is 0 Å². The van der Waals surface area contributed by atoms with E-state index in [4.69, 9.17) is 0 Å². The lowest BCUT2D eigenvalue weighted by Gasteiger charge is -2.38. The Morgan fingerprint density at radius 2 is 0.950 bits per heavy atom. The van der Waals surface area contributed by atoms with Gasteiger partial charge < -0.3 is 0 Å². The number of rotatable bonds is 12. The van der Waals surface area contributed by atoms with Gasteiger partial charge in [-0.25, -0.2) is 0 Å². The van der Waals surface area contributed by atoms with Crippen LogP contribution in [0.1, 0.15) is 59.3 Å². The number of hydrogen-bond donors (Lipinski definition) is 0. The van der Waals surface area contributed by atoms with Gasteiger partial charge in [0, 0.05) is 0 Å². The molecule has 6 nitrogen and oxygen atoms in total. The fraction of sp³-hybridized carbons (Fsp3) is 1.00. The summed E-state index contributed by atoms with van der Waals surface area (Å²) in [6.45, 7) is 7.83. The Morgan fingerprint density at radius 3 is 1.10 bits per heavy atom. The summed E-state index contributed by atoms with van der Waals surface area (Å²) >= 11 is 0. The highest BCUT2D eigenvalue weighted by Crippen LogP contribution is 2.32. The maximum absolute atomic E-state index is 11.3. The molecule has 0 aliphatic heterocycles. The van der Waals surface area contributed by atoms with Gasteiger partial charge in [-0.3, -0.25) is 0 Å². The van der Waals surface area contributed by atoms with Crippen molar-refractivity contribution < 1.29 is 0 Å². The minimum absolute atomic E-state index is 0.462. The van der Waals surface area contributed by atoms with Crippen LogP contribution in [0.4, 0.5) is 0 Å². The molecule has 0 bridgehead atoms. The van der Waals surface area contributed by atoms with E-state index in [-0.39, 0.29) is 0 Å². The van der Waals surface area contributed by atoms with Gasteiger partial charge in [0.05, 0.1) is 17.0 Å². The second-order valence-corrected chi connectivity index (χ2v) is 10.3. The summed E-state index contributed by atoms with van der Waals surface area (Å²) in [5, 5.41) is 9.80. The van der Waals surface area contributed by atoms with E-state index in [2.05, 4.69) is 15.5 Å². The number of hydrogen-bond acceptors (Lipinski definition) is 6. The van der Waals surface area contributed by atoms with Gasteiger partial charge in [0.1, 0.15) is 8.07 Å². The molecule has 0 radical (unpaired) electrons. The quantitative estimate of drug-likeness (QED) is 0.393. The van der Waals surface area contributed by atoms with Crippen LogP contribution in [0, 0.1) is 14.7 Å². The Labute approximate surface area is 122 Å². The first-order valence-electron chi connectivity index (χ1n) is 7.53. The van der Waals surface area contributed by atoms with Gasteiger partial charge in [0.2, 0.25) is 0 Å². The minimum atomic E-state index is -2.64. The lowest BCUT2D eigenvalue weighted by atomic mass is 10.3. The lowest BCUT2D eigenvalue weighted by Crippen LogP contribution is -2.61. The predicted molar refractivity (Wildman–Crippen MR) is 85.1 cm³/mol. The van der Waals surface area contributed by atoms with Gasteiger partial charge in [-0.05, 0) is 19.3 Å². The van der Waals surface area contributed by atoms with Gasteiger partial charge in [-0.2, -0.15) is 14.7 Å². The third-order valence-corrected chi connectivity index (χ3v) is 9.71. The van der Waals surface area contributed by atoms with Crippen molar-refractivity contribution in [2.75, 3.05) is 0 Å². The zero-order valence-electron chi connectivity index (χ0n) is 13.0. The molecule has 0 amide bonds. The first kappa shape index (κ1) is 19.0. The molecule has 0 rings (SSSR count). The van der Waals surface area contributed by atoms with E-state index in [0.29, 0.717) is 19.3 Å². The van der Waals surface area contributed by atoms with Crippen molar-refractivity contribution >= 4 is 8.07 Å². The molecule has 0 saturated carbocycles. The van der Waals surface area contributed by atoms with E-state index < -0.39 is 25.1 Å². The Balaban J connectivity index is 5.63. The summed E-state index contributed by atoms with van der Waals surface area (Å²) in [6.07, 6.45) is 4.23. The third-order valence-electron chi connectivity index (χ3n) is 4.22. The molecule has 0 spiro atoms. The molecule has 116 valence electrons. The summed E-state index contributed by atoms with van der Waals surface area (Å²) in [5.41, 5.74) is -1.39.